The van der Waals surface area contributed by atoms with E-state index in [0.717, 1.165) is 24.3 Å². The van der Waals surface area contributed by atoms with Gasteiger partial charge in [0.1, 0.15) is 0 Å². The lowest BCUT2D eigenvalue weighted by Gasteiger charge is -2.27. The van der Waals surface area contributed by atoms with Gasteiger partial charge in [-0.25, -0.2) is 5.43 Å². The van der Waals surface area contributed by atoms with E-state index in [0.29, 0.717) is 31.1 Å². The van der Waals surface area contributed by atoms with Crippen LogP contribution >= 0.6 is 0 Å². The summed E-state index contributed by atoms with van der Waals surface area (Å²) in [6.07, 6.45) is 1.81. The summed E-state index contributed by atoms with van der Waals surface area (Å²) in [6, 6.07) is 14.1. The Balaban J connectivity index is 1.59. The first-order valence-electron chi connectivity index (χ1n) is 10.4. The third-order valence-corrected chi connectivity index (χ3v) is 5.04. The number of morpholine rings is 1. The SMILES string of the molecule is Cc1cc(C)c(/C=N\Nc2nc(Nc3ccccc3)nc(N3CCOCC3)n2)c(C)c1. The zero-order valence-electron chi connectivity index (χ0n) is 18.1. The summed E-state index contributed by atoms with van der Waals surface area (Å²) in [4.78, 5) is 15.8. The Labute approximate surface area is 182 Å². The highest BCUT2D eigenvalue weighted by Gasteiger charge is 2.16. The standard InChI is InChI=1S/C23H27N7O/c1-16-13-17(2)20(18(3)14-16)15-24-29-22-26-21(25-19-7-5-4-6-8-19)27-23(28-22)30-9-11-31-12-10-30/h4-8,13-15H,9-12H2,1-3H3,(H2,25,26,27,28,29)/b24-15-. The van der Waals surface area contributed by atoms with Crippen molar-refractivity contribution < 1.29 is 4.74 Å². The maximum absolute atomic E-state index is 5.45. The van der Waals surface area contributed by atoms with Crippen LogP contribution in [0.3, 0.4) is 0 Å². The molecule has 2 N–H and O–H groups in total. The molecular weight excluding hydrogens is 390 g/mol. The molecule has 3 aromatic rings. The molecule has 0 aliphatic carbocycles. The van der Waals surface area contributed by atoms with Crippen molar-refractivity contribution in [3.8, 4) is 0 Å². The van der Waals surface area contributed by atoms with E-state index in [1.807, 2.05) is 36.5 Å². The van der Waals surface area contributed by atoms with E-state index in [1.165, 1.54) is 16.7 Å². The quantitative estimate of drug-likeness (QED) is 0.466. The van der Waals surface area contributed by atoms with Gasteiger partial charge in [0.05, 0.1) is 19.4 Å². The molecule has 160 valence electrons. The number of hydrazone groups is 1. The van der Waals surface area contributed by atoms with Crippen LogP contribution in [-0.4, -0.2) is 47.5 Å². The molecule has 0 unspecified atom stereocenters. The molecule has 0 spiro atoms. The Morgan fingerprint density at radius 3 is 2.32 bits per heavy atom. The highest BCUT2D eigenvalue weighted by atomic mass is 16.5. The van der Waals surface area contributed by atoms with Crippen LogP contribution in [0, 0.1) is 20.8 Å². The number of hydrogen-bond donors (Lipinski definition) is 2. The van der Waals surface area contributed by atoms with E-state index >= 15 is 0 Å². The first-order chi connectivity index (χ1) is 15.1. The lowest BCUT2D eigenvalue weighted by Crippen LogP contribution is -2.37. The fraction of sp³-hybridized carbons (Fsp3) is 0.304. The van der Waals surface area contributed by atoms with Gasteiger partial charge in [-0.3, -0.25) is 0 Å². The molecule has 0 bridgehead atoms. The van der Waals surface area contributed by atoms with Crippen LogP contribution in [-0.2, 0) is 4.74 Å². The number of nitrogens with one attached hydrogen (secondary N) is 2. The molecule has 2 aromatic carbocycles. The zero-order valence-corrected chi connectivity index (χ0v) is 18.1. The van der Waals surface area contributed by atoms with Crippen molar-refractivity contribution in [3.63, 3.8) is 0 Å². The minimum atomic E-state index is 0.383. The Hall–Kier alpha value is -3.52. The zero-order chi connectivity index (χ0) is 21.6. The molecule has 31 heavy (non-hydrogen) atoms. The summed E-state index contributed by atoms with van der Waals surface area (Å²) in [6.45, 7) is 9.04. The summed E-state index contributed by atoms with van der Waals surface area (Å²) in [7, 11) is 0. The largest absolute Gasteiger partial charge is 0.378 e. The molecule has 4 rings (SSSR count). The van der Waals surface area contributed by atoms with E-state index in [2.05, 4.69) is 68.6 Å². The summed E-state index contributed by atoms with van der Waals surface area (Å²) >= 11 is 0. The Bertz CT molecular complexity index is 1040. The van der Waals surface area contributed by atoms with Gasteiger partial charge in [0, 0.05) is 24.3 Å². The van der Waals surface area contributed by atoms with Crippen molar-refractivity contribution in [3.05, 3.63) is 64.7 Å². The molecule has 8 nitrogen and oxygen atoms in total. The Morgan fingerprint density at radius 1 is 0.935 bits per heavy atom. The van der Waals surface area contributed by atoms with E-state index < -0.39 is 0 Å². The molecular formula is C23H27N7O. The van der Waals surface area contributed by atoms with Gasteiger partial charge >= 0.3 is 0 Å². The highest BCUT2D eigenvalue weighted by Crippen LogP contribution is 2.19. The molecule has 1 aromatic heterocycles. The van der Waals surface area contributed by atoms with E-state index in [1.54, 1.807) is 0 Å². The number of ether oxygens (including phenoxy) is 1. The summed E-state index contributed by atoms with van der Waals surface area (Å²) in [5.41, 5.74) is 8.57. The minimum absolute atomic E-state index is 0.383. The average Bonchev–Trinajstić information content (AvgIpc) is 2.77. The number of nitrogens with zero attached hydrogens (tertiary/aromatic N) is 5. The van der Waals surface area contributed by atoms with E-state index in [9.17, 15) is 0 Å². The average molecular weight is 418 g/mol. The predicted molar refractivity (Wildman–Crippen MR) is 124 cm³/mol. The molecule has 0 amide bonds. The Morgan fingerprint density at radius 2 is 1.61 bits per heavy atom. The van der Waals surface area contributed by atoms with Crippen LogP contribution < -0.4 is 15.6 Å². The number of aromatic nitrogens is 3. The number of para-hydroxylation sites is 1. The van der Waals surface area contributed by atoms with Crippen molar-refractivity contribution in [1.29, 1.82) is 0 Å². The van der Waals surface area contributed by atoms with E-state index in [4.69, 9.17) is 4.74 Å². The van der Waals surface area contributed by atoms with Gasteiger partial charge in [-0.05, 0) is 44.0 Å². The van der Waals surface area contributed by atoms with Gasteiger partial charge in [0.2, 0.25) is 17.8 Å². The number of anilines is 4. The van der Waals surface area contributed by atoms with Gasteiger partial charge in [-0.2, -0.15) is 20.1 Å². The summed E-state index contributed by atoms with van der Waals surface area (Å²) in [5, 5.41) is 7.64. The molecule has 8 heteroatoms. The van der Waals surface area contributed by atoms with Crippen molar-refractivity contribution in [2.75, 3.05) is 41.9 Å². The number of aryl methyl sites for hydroxylation is 3. The topological polar surface area (TPSA) is 87.6 Å². The first-order valence-corrected chi connectivity index (χ1v) is 10.4. The molecule has 1 fully saturated rings. The monoisotopic (exact) mass is 417 g/mol. The van der Waals surface area contributed by atoms with Crippen LogP contribution in [0.2, 0.25) is 0 Å². The third kappa shape index (κ3) is 5.35. The maximum Gasteiger partial charge on any atom is 0.250 e. The van der Waals surface area contributed by atoms with Crippen molar-refractivity contribution in [2.24, 2.45) is 5.10 Å². The van der Waals surface area contributed by atoms with Crippen molar-refractivity contribution >= 4 is 29.7 Å². The maximum atomic E-state index is 5.45. The van der Waals surface area contributed by atoms with E-state index in [-0.39, 0.29) is 0 Å². The number of benzene rings is 2. The van der Waals surface area contributed by atoms with Crippen LogP contribution in [0.4, 0.5) is 23.5 Å². The molecule has 2 heterocycles. The second kappa shape index (κ2) is 9.53. The predicted octanol–water partition coefficient (Wildman–Crippen LogP) is 3.82. The molecule has 1 saturated heterocycles. The first kappa shape index (κ1) is 20.7. The fourth-order valence-electron chi connectivity index (χ4n) is 3.58. The van der Waals surface area contributed by atoms with Gasteiger partial charge < -0.3 is 15.0 Å². The van der Waals surface area contributed by atoms with Gasteiger partial charge in [0.25, 0.3) is 0 Å². The van der Waals surface area contributed by atoms with Crippen LogP contribution in [0.1, 0.15) is 22.3 Å². The van der Waals surface area contributed by atoms with Crippen LogP contribution in [0.25, 0.3) is 0 Å². The van der Waals surface area contributed by atoms with Crippen molar-refractivity contribution in [1.82, 2.24) is 15.0 Å². The third-order valence-electron chi connectivity index (χ3n) is 5.04. The second-order valence-corrected chi connectivity index (χ2v) is 7.56. The lowest BCUT2D eigenvalue weighted by molar-refractivity contribution is 0.122. The van der Waals surface area contributed by atoms with Gasteiger partial charge in [0.15, 0.2) is 0 Å². The number of rotatable bonds is 6. The number of hydrogen-bond acceptors (Lipinski definition) is 8. The van der Waals surface area contributed by atoms with Crippen LogP contribution in [0.5, 0.6) is 0 Å². The normalized spacial score (nSPS) is 14.1. The molecule has 0 atom stereocenters. The van der Waals surface area contributed by atoms with Gasteiger partial charge in [-0.1, -0.05) is 35.9 Å². The van der Waals surface area contributed by atoms with Crippen molar-refractivity contribution in [2.45, 2.75) is 20.8 Å². The molecule has 0 saturated carbocycles. The molecule has 0 radical (unpaired) electrons. The van der Waals surface area contributed by atoms with Gasteiger partial charge in [-0.15, -0.1) is 0 Å². The minimum Gasteiger partial charge on any atom is -0.378 e. The summed E-state index contributed by atoms with van der Waals surface area (Å²) in [5.74, 6) is 1.44. The molecule has 1 aliphatic heterocycles. The lowest BCUT2D eigenvalue weighted by atomic mass is 10.0. The second-order valence-electron chi connectivity index (χ2n) is 7.56. The van der Waals surface area contributed by atoms with Crippen LogP contribution in [0.15, 0.2) is 47.6 Å². The Kier molecular flexibility index (Phi) is 6.37. The summed E-state index contributed by atoms with van der Waals surface area (Å²) < 4.78 is 5.45. The molecule has 1 aliphatic rings. The fourth-order valence-corrected chi connectivity index (χ4v) is 3.58. The smallest absolute Gasteiger partial charge is 0.250 e. The highest BCUT2D eigenvalue weighted by molar-refractivity contribution is 5.84.